The number of rotatable bonds is 5. The molecule has 0 aromatic heterocycles. The first-order valence-electron chi connectivity index (χ1n) is 5.17. The Bertz CT molecular complexity index is 146. The molecule has 0 aromatic rings. The molecule has 0 aliphatic heterocycles. The van der Waals surface area contributed by atoms with Crippen LogP contribution in [0.25, 0.3) is 0 Å². The van der Waals surface area contributed by atoms with E-state index in [0.29, 0.717) is 0 Å². The lowest BCUT2D eigenvalue weighted by Gasteiger charge is -2.13. The Kier molecular flexibility index (Phi) is 13.6. The number of hydrogen-bond donors (Lipinski definition) is 1. The van der Waals surface area contributed by atoms with Crippen molar-refractivity contribution in [2.75, 3.05) is 19.6 Å². The maximum Gasteiger partial charge on any atom is 0.307 e. The Labute approximate surface area is 87.4 Å². The molecule has 0 heterocycles. The minimum Gasteiger partial charge on any atom is -0.481 e. The molecule has 0 aromatic carbocycles. The molecule has 0 saturated heterocycles. The molecule has 0 spiro atoms. The Morgan fingerprint density at radius 2 is 1.64 bits per heavy atom. The second-order valence-electron chi connectivity index (χ2n) is 2.79. The van der Waals surface area contributed by atoms with Crippen molar-refractivity contribution < 1.29 is 9.90 Å². The number of carboxylic acid groups (broad SMARTS) is 1. The third-order valence-electron chi connectivity index (χ3n) is 1.87. The van der Waals surface area contributed by atoms with Crippen LogP contribution in [0, 0.1) is 0 Å². The molecule has 0 saturated carbocycles. The van der Waals surface area contributed by atoms with Crippen LogP contribution in [0.15, 0.2) is 12.2 Å². The summed E-state index contributed by atoms with van der Waals surface area (Å²) in [5.74, 6) is -0.780. The normalized spacial score (nSPS) is 10.1. The highest BCUT2D eigenvalue weighted by molar-refractivity contribution is 5.68. The zero-order valence-corrected chi connectivity index (χ0v) is 9.79. The standard InChI is InChI=1S/C6H15N.C5H8O2/c1-4-7(5-2)6-3;1-2-3-4-5(6)7/h4-6H2,1-3H3;2-3H,4H2,1H3,(H,6,7). The van der Waals surface area contributed by atoms with E-state index < -0.39 is 5.97 Å². The van der Waals surface area contributed by atoms with Crippen LogP contribution < -0.4 is 0 Å². The summed E-state index contributed by atoms with van der Waals surface area (Å²) in [4.78, 5) is 12.1. The van der Waals surface area contributed by atoms with Crippen LogP contribution in [0.1, 0.15) is 34.1 Å². The summed E-state index contributed by atoms with van der Waals surface area (Å²) in [6, 6.07) is 0. The van der Waals surface area contributed by atoms with Gasteiger partial charge in [-0.2, -0.15) is 0 Å². The van der Waals surface area contributed by atoms with E-state index in [0.717, 1.165) is 0 Å². The molecule has 0 rings (SSSR count). The van der Waals surface area contributed by atoms with Crippen molar-refractivity contribution in [2.45, 2.75) is 34.1 Å². The lowest BCUT2D eigenvalue weighted by molar-refractivity contribution is -0.136. The van der Waals surface area contributed by atoms with Gasteiger partial charge in [-0.25, -0.2) is 0 Å². The van der Waals surface area contributed by atoms with Crippen LogP contribution in [-0.4, -0.2) is 35.6 Å². The van der Waals surface area contributed by atoms with Crippen molar-refractivity contribution in [2.24, 2.45) is 0 Å². The summed E-state index contributed by atoms with van der Waals surface area (Å²) >= 11 is 0. The van der Waals surface area contributed by atoms with E-state index in [-0.39, 0.29) is 6.42 Å². The molecule has 0 aliphatic carbocycles. The third-order valence-corrected chi connectivity index (χ3v) is 1.87. The first kappa shape index (κ1) is 15.6. The number of carboxylic acids is 1. The highest BCUT2D eigenvalue weighted by atomic mass is 16.4. The average Bonchev–Trinajstić information content (AvgIpc) is 2.18. The van der Waals surface area contributed by atoms with E-state index >= 15 is 0 Å². The van der Waals surface area contributed by atoms with E-state index in [2.05, 4.69) is 25.7 Å². The van der Waals surface area contributed by atoms with Crippen molar-refractivity contribution in [1.29, 1.82) is 0 Å². The molecule has 1 N–H and O–H groups in total. The van der Waals surface area contributed by atoms with Crippen LogP contribution in [0.3, 0.4) is 0 Å². The van der Waals surface area contributed by atoms with Gasteiger partial charge in [0.2, 0.25) is 0 Å². The van der Waals surface area contributed by atoms with Gasteiger partial charge in [0.1, 0.15) is 0 Å². The van der Waals surface area contributed by atoms with Crippen LogP contribution in [-0.2, 0) is 4.79 Å². The van der Waals surface area contributed by atoms with Gasteiger partial charge in [0.15, 0.2) is 0 Å². The summed E-state index contributed by atoms with van der Waals surface area (Å²) in [5.41, 5.74) is 0. The zero-order chi connectivity index (χ0) is 11.4. The van der Waals surface area contributed by atoms with Gasteiger partial charge in [-0.05, 0) is 26.6 Å². The SMILES string of the molecule is CC=CCC(=O)O.CCN(CC)CC. The number of hydrogen-bond acceptors (Lipinski definition) is 2. The van der Waals surface area contributed by atoms with E-state index in [1.807, 2.05) is 0 Å². The highest BCUT2D eigenvalue weighted by Gasteiger charge is 1.89. The topological polar surface area (TPSA) is 40.5 Å². The third kappa shape index (κ3) is 13.7. The number of aliphatic carboxylic acids is 1. The van der Waals surface area contributed by atoms with E-state index in [4.69, 9.17) is 5.11 Å². The minimum absolute atomic E-state index is 0.135. The summed E-state index contributed by atoms with van der Waals surface area (Å²) in [7, 11) is 0. The summed E-state index contributed by atoms with van der Waals surface area (Å²) in [6.07, 6.45) is 3.45. The highest BCUT2D eigenvalue weighted by Crippen LogP contribution is 1.81. The van der Waals surface area contributed by atoms with Gasteiger partial charge < -0.3 is 10.0 Å². The fourth-order valence-electron chi connectivity index (χ4n) is 0.889. The predicted octanol–water partition coefficient (Wildman–Crippen LogP) is 2.39. The van der Waals surface area contributed by atoms with Crippen molar-refractivity contribution in [3.05, 3.63) is 12.2 Å². The van der Waals surface area contributed by atoms with Crippen LogP contribution in [0.5, 0.6) is 0 Å². The average molecular weight is 201 g/mol. The molecule has 3 heteroatoms. The van der Waals surface area contributed by atoms with Crippen molar-refractivity contribution >= 4 is 5.97 Å². The molecule has 14 heavy (non-hydrogen) atoms. The molecule has 0 radical (unpaired) electrons. The molecule has 0 amide bonds. The quantitative estimate of drug-likeness (QED) is 0.694. The smallest absolute Gasteiger partial charge is 0.307 e. The summed E-state index contributed by atoms with van der Waals surface area (Å²) in [6.45, 7) is 11.9. The van der Waals surface area contributed by atoms with Crippen LogP contribution in [0.2, 0.25) is 0 Å². The zero-order valence-electron chi connectivity index (χ0n) is 9.79. The number of nitrogens with zero attached hydrogens (tertiary/aromatic N) is 1. The molecule has 0 unspecified atom stereocenters. The monoisotopic (exact) mass is 201 g/mol. The maximum atomic E-state index is 9.71. The van der Waals surface area contributed by atoms with E-state index in [1.165, 1.54) is 19.6 Å². The number of allylic oxidation sites excluding steroid dienone is 1. The molecule has 0 atom stereocenters. The first-order valence-corrected chi connectivity index (χ1v) is 5.17. The molecular formula is C11H23NO2. The molecular weight excluding hydrogens is 178 g/mol. The summed E-state index contributed by atoms with van der Waals surface area (Å²) < 4.78 is 0. The second-order valence-corrected chi connectivity index (χ2v) is 2.79. The largest absolute Gasteiger partial charge is 0.481 e. The number of carbonyl (C=O) groups is 1. The van der Waals surface area contributed by atoms with Crippen LogP contribution in [0.4, 0.5) is 0 Å². The second kappa shape index (κ2) is 12.2. The van der Waals surface area contributed by atoms with Crippen LogP contribution >= 0.6 is 0 Å². The van der Waals surface area contributed by atoms with E-state index in [1.54, 1.807) is 19.1 Å². The van der Waals surface area contributed by atoms with Crippen molar-refractivity contribution in [3.63, 3.8) is 0 Å². The molecule has 0 fully saturated rings. The summed E-state index contributed by atoms with van der Waals surface area (Å²) in [5, 5.41) is 7.99. The minimum atomic E-state index is -0.780. The molecule has 0 bridgehead atoms. The fraction of sp³-hybridized carbons (Fsp3) is 0.727. The van der Waals surface area contributed by atoms with Gasteiger partial charge in [0, 0.05) is 0 Å². The van der Waals surface area contributed by atoms with Gasteiger partial charge in [-0.15, -0.1) is 0 Å². The lowest BCUT2D eigenvalue weighted by Crippen LogP contribution is -2.21. The van der Waals surface area contributed by atoms with Gasteiger partial charge in [-0.1, -0.05) is 32.9 Å². The van der Waals surface area contributed by atoms with Gasteiger partial charge >= 0.3 is 5.97 Å². The Hall–Kier alpha value is -0.830. The lowest BCUT2D eigenvalue weighted by atomic mass is 10.4. The molecule has 3 nitrogen and oxygen atoms in total. The van der Waals surface area contributed by atoms with Crippen molar-refractivity contribution in [1.82, 2.24) is 4.90 Å². The Morgan fingerprint density at radius 1 is 1.21 bits per heavy atom. The first-order chi connectivity index (χ1) is 6.62. The Morgan fingerprint density at radius 3 is 1.71 bits per heavy atom. The maximum absolute atomic E-state index is 9.71. The van der Waals surface area contributed by atoms with E-state index in [9.17, 15) is 4.79 Å². The molecule has 84 valence electrons. The fourth-order valence-corrected chi connectivity index (χ4v) is 0.889. The van der Waals surface area contributed by atoms with Gasteiger partial charge in [0.25, 0.3) is 0 Å². The predicted molar refractivity (Wildman–Crippen MR) is 60.5 cm³/mol. The van der Waals surface area contributed by atoms with Crippen molar-refractivity contribution in [3.8, 4) is 0 Å². The molecule has 0 aliphatic rings. The van der Waals surface area contributed by atoms with Gasteiger partial charge in [0.05, 0.1) is 6.42 Å². The Balaban J connectivity index is 0. The van der Waals surface area contributed by atoms with Gasteiger partial charge in [-0.3, -0.25) is 4.79 Å².